The second kappa shape index (κ2) is 9.54. The molecule has 0 saturated carbocycles. The zero-order valence-electron chi connectivity index (χ0n) is 16.8. The Labute approximate surface area is 170 Å². The highest BCUT2D eigenvalue weighted by atomic mass is 16.2. The highest BCUT2D eigenvalue weighted by Crippen LogP contribution is 2.28. The fourth-order valence-corrected chi connectivity index (χ4v) is 3.64. The van der Waals surface area contributed by atoms with Gasteiger partial charge >= 0.3 is 6.03 Å². The zero-order valence-corrected chi connectivity index (χ0v) is 16.8. The Kier molecular flexibility index (Phi) is 6.85. The largest absolute Gasteiger partial charge is 0.338 e. The number of imide groups is 1. The Morgan fingerprint density at radius 1 is 1.03 bits per heavy atom. The first-order valence-corrected chi connectivity index (χ1v) is 10.3. The highest BCUT2D eigenvalue weighted by molar-refractivity contribution is 6.04. The van der Waals surface area contributed by atoms with Crippen molar-refractivity contribution >= 4 is 23.8 Å². The van der Waals surface area contributed by atoms with Gasteiger partial charge in [-0.05, 0) is 30.0 Å². The third-order valence-electron chi connectivity index (χ3n) is 5.22. The molecule has 1 aromatic carbocycles. The average Bonchev–Trinajstić information content (AvgIpc) is 3.02. The molecular formula is C21H28N4O4. The Morgan fingerprint density at radius 3 is 2.52 bits per heavy atom. The number of piperidine rings is 1. The summed E-state index contributed by atoms with van der Waals surface area (Å²) in [5.41, 5.74) is 2.09. The van der Waals surface area contributed by atoms with Crippen LogP contribution in [0.5, 0.6) is 0 Å². The minimum absolute atomic E-state index is 0.184. The van der Waals surface area contributed by atoms with Gasteiger partial charge in [0.05, 0.1) is 6.54 Å². The van der Waals surface area contributed by atoms with Crippen LogP contribution in [0, 0.1) is 0 Å². The highest BCUT2D eigenvalue weighted by Gasteiger charge is 2.39. The van der Waals surface area contributed by atoms with Crippen LogP contribution in [0.2, 0.25) is 0 Å². The van der Waals surface area contributed by atoms with Crippen LogP contribution in [-0.2, 0) is 22.7 Å². The maximum atomic E-state index is 12.7. The van der Waals surface area contributed by atoms with Crippen molar-refractivity contribution in [2.24, 2.45) is 0 Å². The predicted octanol–water partition coefficient (Wildman–Crippen LogP) is 2.48. The molecule has 2 aliphatic heterocycles. The zero-order chi connectivity index (χ0) is 20.8. The minimum atomic E-state index is -0.340. The number of hydrazine groups is 1. The summed E-state index contributed by atoms with van der Waals surface area (Å²) in [7, 11) is 0. The molecule has 1 saturated heterocycles. The molecule has 0 aromatic heterocycles. The predicted molar refractivity (Wildman–Crippen MR) is 106 cm³/mol. The quantitative estimate of drug-likeness (QED) is 0.517. The average molecular weight is 400 g/mol. The van der Waals surface area contributed by atoms with Gasteiger partial charge in [-0.1, -0.05) is 38.3 Å². The molecule has 1 aromatic rings. The van der Waals surface area contributed by atoms with Crippen LogP contribution in [-0.4, -0.2) is 40.3 Å². The van der Waals surface area contributed by atoms with Crippen LogP contribution in [0.4, 0.5) is 4.79 Å². The van der Waals surface area contributed by atoms with E-state index in [9.17, 15) is 19.2 Å². The SMILES string of the molecule is CCCCCCNC(=O)NCc1ccc2c(c1)CN(N1C(=O)CCCC1=O)C2=O. The van der Waals surface area contributed by atoms with Crippen LogP contribution in [0.3, 0.4) is 0 Å². The summed E-state index contributed by atoms with van der Waals surface area (Å²) < 4.78 is 0. The van der Waals surface area contributed by atoms with Crippen molar-refractivity contribution < 1.29 is 19.2 Å². The van der Waals surface area contributed by atoms with Crippen LogP contribution in [0.15, 0.2) is 18.2 Å². The number of hydrogen-bond acceptors (Lipinski definition) is 4. The van der Waals surface area contributed by atoms with Crippen molar-refractivity contribution in [1.82, 2.24) is 20.7 Å². The molecule has 2 aliphatic rings. The smallest absolute Gasteiger partial charge is 0.315 e. The number of carbonyl (C=O) groups excluding carboxylic acids is 4. The Balaban J connectivity index is 1.55. The lowest BCUT2D eigenvalue weighted by Gasteiger charge is -2.32. The van der Waals surface area contributed by atoms with E-state index in [0.29, 0.717) is 25.1 Å². The van der Waals surface area contributed by atoms with Gasteiger partial charge in [0.2, 0.25) is 11.8 Å². The van der Waals surface area contributed by atoms with E-state index in [4.69, 9.17) is 0 Å². The molecule has 0 aliphatic carbocycles. The third-order valence-corrected chi connectivity index (χ3v) is 5.22. The third kappa shape index (κ3) is 4.93. The number of amides is 5. The molecule has 29 heavy (non-hydrogen) atoms. The summed E-state index contributed by atoms with van der Waals surface area (Å²) in [4.78, 5) is 48.8. The summed E-state index contributed by atoms with van der Waals surface area (Å²) >= 11 is 0. The van der Waals surface area contributed by atoms with E-state index in [1.54, 1.807) is 12.1 Å². The monoisotopic (exact) mass is 400 g/mol. The molecule has 2 heterocycles. The van der Waals surface area contributed by atoms with E-state index in [1.165, 1.54) is 11.4 Å². The van der Waals surface area contributed by atoms with E-state index < -0.39 is 0 Å². The van der Waals surface area contributed by atoms with Gasteiger partial charge in [-0.25, -0.2) is 9.80 Å². The molecular weight excluding hydrogens is 372 g/mol. The van der Waals surface area contributed by atoms with Gasteiger partial charge in [-0.3, -0.25) is 14.4 Å². The Hall–Kier alpha value is -2.90. The van der Waals surface area contributed by atoms with Crippen molar-refractivity contribution in [1.29, 1.82) is 0 Å². The maximum absolute atomic E-state index is 12.7. The minimum Gasteiger partial charge on any atom is -0.338 e. The topological polar surface area (TPSA) is 98.8 Å². The lowest BCUT2D eigenvalue weighted by atomic mass is 10.1. The number of urea groups is 1. The number of nitrogens with zero attached hydrogens (tertiary/aromatic N) is 2. The number of benzene rings is 1. The first-order valence-electron chi connectivity index (χ1n) is 10.3. The molecule has 0 unspecified atom stereocenters. The molecule has 156 valence electrons. The van der Waals surface area contributed by atoms with Gasteiger partial charge in [-0.2, -0.15) is 5.01 Å². The summed E-state index contributed by atoms with van der Waals surface area (Å²) in [6.45, 7) is 3.32. The molecule has 1 fully saturated rings. The number of rotatable bonds is 8. The molecule has 3 rings (SSSR count). The summed E-state index contributed by atoms with van der Waals surface area (Å²) in [5.74, 6) is -1.01. The van der Waals surface area contributed by atoms with Crippen molar-refractivity contribution in [3.63, 3.8) is 0 Å². The Bertz CT molecular complexity index is 792. The molecule has 0 bridgehead atoms. The molecule has 0 spiro atoms. The first-order chi connectivity index (χ1) is 14.0. The first kappa shape index (κ1) is 20.8. The van der Waals surface area contributed by atoms with Gasteiger partial charge in [0.1, 0.15) is 0 Å². The van der Waals surface area contributed by atoms with E-state index in [1.807, 2.05) is 6.07 Å². The maximum Gasteiger partial charge on any atom is 0.315 e. The van der Waals surface area contributed by atoms with Gasteiger partial charge in [0.15, 0.2) is 0 Å². The van der Waals surface area contributed by atoms with Crippen LogP contribution in [0.1, 0.15) is 73.4 Å². The molecule has 8 nitrogen and oxygen atoms in total. The van der Waals surface area contributed by atoms with E-state index >= 15 is 0 Å². The Morgan fingerprint density at radius 2 is 1.79 bits per heavy atom. The second-order valence-corrected chi connectivity index (χ2v) is 7.48. The second-order valence-electron chi connectivity index (χ2n) is 7.48. The fraction of sp³-hybridized carbons (Fsp3) is 0.524. The van der Waals surface area contributed by atoms with Crippen LogP contribution < -0.4 is 10.6 Å². The summed E-state index contributed by atoms with van der Waals surface area (Å²) in [6, 6.07) is 5.09. The molecule has 0 atom stereocenters. The van der Waals surface area contributed by atoms with Crippen molar-refractivity contribution in [3.8, 4) is 0 Å². The molecule has 5 amide bonds. The standard InChI is InChI=1S/C21H28N4O4/c1-2-3-4-5-11-22-21(29)23-13-15-9-10-17-16(12-15)14-24(20(17)28)25-18(26)7-6-8-19(25)27/h9-10,12H,2-8,11,13-14H2,1H3,(H2,22,23,29). The molecule has 2 N–H and O–H groups in total. The van der Waals surface area contributed by atoms with Gasteiger partial charge in [-0.15, -0.1) is 0 Å². The summed E-state index contributed by atoms with van der Waals surface area (Å²) in [6.07, 6.45) is 5.47. The number of hydrogen-bond donors (Lipinski definition) is 2. The lowest BCUT2D eigenvalue weighted by Crippen LogP contribution is -2.51. The molecule has 8 heteroatoms. The normalized spacial score (nSPS) is 16.2. The van der Waals surface area contributed by atoms with E-state index in [-0.39, 0.29) is 43.1 Å². The number of nitrogens with one attached hydrogen (secondary N) is 2. The van der Waals surface area contributed by atoms with Crippen LogP contribution >= 0.6 is 0 Å². The number of unbranched alkanes of at least 4 members (excludes halogenated alkanes) is 3. The van der Waals surface area contributed by atoms with E-state index in [2.05, 4.69) is 17.6 Å². The van der Waals surface area contributed by atoms with Crippen molar-refractivity contribution in [3.05, 3.63) is 34.9 Å². The van der Waals surface area contributed by atoms with Crippen LogP contribution in [0.25, 0.3) is 0 Å². The van der Waals surface area contributed by atoms with Gasteiger partial charge in [0.25, 0.3) is 5.91 Å². The van der Waals surface area contributed by atoms with Gasteiger partial charge < -0.3 is 10.6 Å². The number of carbonyl (C=O) groups is 4. The number of fused-ring (bicyclic) bond motifs is 1. The lowest BCUT2D eigenvalue weighted by molar-refractivity contribution is -0.163. The van der Waals surface area contributed by atoms with E-state index in [0.717, 1.165) is 35.4 Å². The fourth-order valence-electron chi connectivity index (χ4n) is 3.64. The van der Waals surface area contributed by atoms with Crippen molar-refractivity contribution in [2.75, 3.05) is 6.54 Å². The van der Waals surface area contributed by atoms with Crippen molar-refractivity contribution in [2.45, 2.75) is 65.0 Å². The summed E-state index contributed by atoms with van der Waals surface area (Å²) in [5, 5.41) is 7.88. The molecule has 0 radical (unpaired) electrons. The van der Waals surface area contributed by atoms with Gasteiger partial charge in [0, 0.05) is 31.5 Å².